The number of fused-ring (bicyclic) bond motifs is 1. The van der Waals surface area contributed by atoms with E-state index in [4.69, 9.17) is 16.7 Å². The highest BCUT2D eigenvalue weighted by Crippen LogP contribution is 2.44. The number of carbonyl (C=O) groups is 1. The molecule has 3 rings (SSSR count). The summed E-state index contributed by atoms with van der Waals surface area (Å²) < 4.78 is 27.0. The summed E-state index contributed by atoms with van der Waals surface area (Å²) >= 11 is 5.96. The Labute approximate surface area is 110 Å². The monoisotopic (exact) mass is 287 g/mol. The molecule has 5 nitrogen and oxygen atoms in total. The third kappa shape index (κ3) is 1.94. The van der Waals surface area contributed by atoms with Crippen LogP contribution in [0.1, 0.15) is 47.1 Å². The molecule has 0 unspecified atom stereocenters. The number of aromatic carboxylic acids is 1. The van der Waals surface area contributed by atoms with Crippen LogP contribution in [0, 0.1) is 0 Å². The van der Waals surface area contributed by atoms with Crippen LogP contribution in [0.2, 0.25) is 5.02 Å². The Bertz CT molecular complexity index is 682. The smallest absolute Gasteiger partial charge is 0.356 e. The Balaban J connectivity index is 2.31. The number of hydrogen-bond donors (Lipinski definition) is 1. The second-order valence-electron chi connectivity index (χ2n) is 4.38. The predicted molar refractivity (Wildman–Crippen MR) is 61.9 cm³/mol. The van der Waals surface area contributed by atoms with Crippen LogP contribution in [-0.2, 0) is 0 Å². The molecule has 1 saturated carbocycles. The van der Waals surface area contributed by atoms with Crippen LogP contribution in [0.25, 0.3) is 5.65 Å². The second kappa shape index (κ2) is 4.12. The van der Waals surface area contributed by atoms with Crippen molar-refractivity contribution in [3.8, 4) is 0 Å². The van der Waals surface area contributed by atoms with E-state index in [2.05, 4.69) is 10.1 Å². The van der Waals surface area contributed by atoms with E-state index in [-0.39, 0.29) is 22.3 Å². The Morgan fingerprint density at radius 1 is 1.53 bits per heavy atom. The molecule has 2 aromatic heterocycles. The molecular formula is C11H8ClF2N3O2. The van der Waals surface area contributed by atoms with Gasteiger partial charge in [-0.05, 0) is 12.8 Å². The normalized spacial score (nSPS) is 15.4. The fourth-order valence-corrected chi connectivity index (χ4v) is 2.30. The van der Waals surface area contributed by atoms with E-state index in [1.54, 1.807) is 0 Å². The van der Waals surface area contributed by atoms with E-state index >= 15 is 0 Å². The maximum absolute atomic E-state index is 13.1. The quantitative estimate of drug-likeness (QED) is 0.942. The first-order chi connectivity index (χ1) is 8.99. The van der Waals surface area contributed by atoms with E-state index in [0.717, 1.165) is 23.4 Å². The number of halogens is 3. The lowest BCUT2D eigenvalue weighted by atomic mass is 10.2. The highest BCUT2D eigenvalue weighted by molar-refractivity contribution is 6.32. The van der Waals surface area contributed by atoms with Gasteiger partial charge in [-0.3, -0.25) is 0 Å². The van der Waals surface area contributed by atoms with Gasteiger partial charge >= 0.3 is 5.97 Å². The van der Waals surface area contributed by atoms with Crippen molar-refractivity contribution in [3.05, 3.63) is 28.2 Å². The lowest BCUT2D eigenvalue weighted by molar-refractivity contribution is 0.0689. The summed E-state index contributed by atoms with van der Waals surface area (Å²) in [5, 5.41) is 12.3. The van der Waals surface area contributed by atoms with Crippen molar-refractivity contribution in [1.29, 1.82) is 0 Å². The van der Waals surface area contributed by atoms with Crippen molar-refractivity contribution >= 4 is 23.2 Å². The second-order valence-corrected chi connectivity index (χ2v) is 4.75. The summed E-state index contributed by atoms with van der Waals surface area (Å²) in [6.07, 6.45) is -1.14. The fourth-order valence-electron chi connectivity index (χ4n) is 1.94. The highest BCUT2D eigenvalue weighted by Gasteiger charge is 2.32. The van der Waals surface area contributed by atoms with Crippen molar-refractivity contribution in [2.75, 3.05) is 0 Å². The van der Waals surface area contributed by atoms with E-state index < -0.39 is 18.1 Å². The van der Waals surface area contributed by atoms with E-state index in [1.165, 1.54) is 0 Å². The van der Waals surface area contributed by atoms with Crippen LogP contribution < -0.4 is 0 Å². The molecule has 0 aromatic carbocycles. The van der Waals surface area contributed by atoms with Gasteiger partial charge in [0.05, 0.1) is 10.7 Å². The van der Waals surface area contributed by atoms with Crippen molar-refractivity contribution in [2.24, 2.45) is 0 Å². The number of carboxylic acid groups (broad SMARTS) is 1. The molecule has 1 aliphatic carbocycles. The Morgan fingerprint density at radius 3 is 2.74 bits per heavy atom. The van der Waals surface area contributed by atoms with Gasteiger partial charge in [0, 0.05) is 12.0 Å². The minimum atomic E-state index is -2.85. The van der Waals surface area contributed by atoms with Crippen LogP contribution in [-0.4, -0.2) is 25.7 Å². The van der Waals surface area contributed by atoms with Crippen LogP contribution in [0.15, 0.2) is 6.07 Å². The van der Waals surface area contributed by atoms with Crippen LogP contribution in [0.5, 0.6) is 0 Å². The molecule has 19 heavy (non-hydrogen) atoms. The first kappa shape index (κ1) is 12.3. The molecule has 1 aliphatic rings. The van der Waals surface area contributed by atoms with E-state index in [1.807, 2.05) is 0 Å². The average Bonchev–Trinajstić information content (AvgIpc) is 3.07. The van der Waals surface area contributed by atoms with Crippen molar-refractivity contribution < 1.29 is 18.7 Å². The Morgan fingerprint density at radius 2 is 2.21 bits per heavy atom. The molecule has 0 spiro atoms. The number of alkyl halides is 2. The van der Waals surface area contributed by atoms with Crippen molar-refractivity contribution in [1.82, 2.24) is 14.6 Å². The molecule has 0 saturated heterocycles. The summed E-state index contributed by atoms with van der Waals surface area (Å²) in [4.78, 5) is 15.0. The topological polar surface area (TPSA) is 67.5 Å². The van der Waals surface area contributed by atoms with Gasteiger partial charge in [-0.2, -0.15) is 5.10 Å². The molecule has 0 aliphatic heterocycles. The standard InChI is InChI=1S/C11H8ClF2N3O2/c12-7-8(4-1-2-4)15-6-3-5(11(18)19)16-17(6)9(7)10(13)14/h3-4,10H,1-2H2,(H,18,19). The lowest BCUT2D eigenvalue weighted by Crippen LogP contribution is -2.06. The maximum atomic E-state index is 13.1. The number of aromatic nitrogens is 3. The molecule has 2 heterocycles. The minimum absolute atomic E-state index is 0.0816. The van der Waals surface area contributed by atoms with Gasteiger partial charge in [0.2, 0.25) is 0 Å². The number of nitrogens with zero attached hydrogens (tertiary/aromatic N) is 3. The first-order valence-electron chi connectivity index (χ1n) is 5.59. The molecular weight excluding hydrogens is 280 g/mol. The summed E-state index contributed by atoms with van der Waals surface area (Å²) in [6.45, 7) is 0. The van der Waals surface area contributed by atoms with Gasteiger partial charge in [0.15, 0.2) is 11.3 Å². The Hall–Kier alpha value is -1.76. The average molecular weight is 288 g/mol. The third-order valence-electron chi connectivity index (χ3n) is 2.99. The van der Waals surface area contributed by atoms with Gasteiger partial charge < -0.3 is 5.11 Å². The summed E-state index contributed by atoms with van der Waals surface area (Å²) in [7, 11) is 0. The van der Waals surface area contributed by atoms with Crippen molar-refractivity contribution in [2.45, 2.75) is 25.2 Å². The van der Waals surface area contributed by atoms with Crippen molar-refractivity contribution in [3.63, 3.8) is 0 Å². The zero-order valence-electron chi connectivity index (χ0n) is 9.48. The van der Waals surface area contributed by atoms with Crippen LogP contribution in [0.3, 0.4) is 0 Å². The van der Waals surface area contributed by atoms with E-state index in [0.29, 0.717) is 5.69 Å². The van der Waals surface area contributed by atoms with Gasteiger partial charge in [0.25, 0.3) is 6.43 Å². The van der Waals surface area contributed by atoms with Gasteiger partial charge in [0.1, 0.15) is 5.69 Å². The molecule has 0 radical (unpaired) electrons. The zero-order chi connectivity index (χ0) is 13.7. The van der Waals surface area contributed by atoms with Crippen LogP contribution >= 0.6 is 11.6 Å². The molecule has 0 bridgehead atoms. The summed E-state index contributed by atoms with van der Waals surface area (Å²) in [5.74, 6) is -1.21. The van der Waals surface area contributed by atoms with Gasteiger partial charge in [-0.1, -0.05) is 11.6 Å². The molecule has 8 heteroatoms. The number of rotatable bonds is 3. The van der Waals surface area contributed by atoms with Crippen LogP contribution in [0.4, 0.5) is 8.78 Å². The van der Waals surface area contributed by atoms with Gasteiger partial charge in [-0.25, -0.2) is 23.1 Å². The number of carboxylic acids is 1. The summed E-state index contributed by atoms with van der Waals surface area (Å²) in [5.41, 5.74) is -0.347. The molecule has 0 atom stereocenters. The molecule has 1 fully saturated rings. The predicted octanol–water partition coefficient (Wildman–Crippen LogP) is 2.90. The Kier molecular flexibility index (Phi) is 2.67. The van der Waals surface area contributed by atoms with Gasteiger partial charge in [-0.15, -0.1) is 0 Å². The maximum Gasteiger partial charge on any atom is 0.356 e. The zero-order valence-corrected chi connectivity index (χ0v) is 10.2. The molecule has 1 N–H and O–H groups in total. The molecule has 0 amide bonds. The largest absolute Gasteiger partial charge is 0.476 e. The lowest BCUT2D eigenvalue weighted by Gasteiger charge is -2.09. The molecule has 100 valence electrons. The number of hydrogen-bond acceptors (Lipinski definition) is 3. The highest BCUT2D eigenvalue weighted by atomic mass is 35.5. The molecule has 2 aromatic rings. The third-order valence-corrected chi connectivity index (χ3v) is 3.38. The SMILES string of the molecule is O=C(O)c1cc2nc(C3CC3)c(Cl)c(C(F)F)n2n1. The first-order valence-corrected chi connectivity index (χ1v) is 5.97. The fraction of sp³-hybridized carbons (Fsp3) is 0.364. The minimum Gasteiger partial charge on any atom is -0.476 e. The van der Waals surface area contributed by atoms with E-state index in [9.17, 15) is 13.6 Å². The summed E-state index contributed by atoms with van der Waals surface area (Å²) in [6, 6.07) is 1.16.